The van der Waals surface area contributed by atoms with Crippen molar-refractivity contribution in [2.75, 3.05) is 5.32 Å². The first-order valence-corrected chi connectivity index (χ1v) is 7.10. The average molecular weight is 286 g/mol. The summed E-state index contributed by atoms with van der Waals surface area (Å²) in [6, 6.07) is 18.4. The van der Waals surface area contributed by atoms with E-state index in [2.05, 4.69) is 38.7 Å². The van der Waals surface area contributed by atoms with E-state index >= 15 is 0 Å². The molecule has 0 saturated carbocycles. The van der Waals surface area contributed by atoms with Crippen LogP contribution < -0.4 is 5.32 Å². The minimum atomic E-state index is 0.958. The van der Waals surface area contributed by atoms with E-state index in [9.17, 15) is 0 Å². The topological polar surface area (TPSA) is 53.6 Å². The molecular formula is C18H14N4. The van der Waals surface area contributed by atoms with Gasteiger partial charge in [0.1, 0.15) is 0 Å². The van der Waals surface area contributed by atoms with Crippen molar-refractivity contribution in [3.63, 3.8) is 0 Å². The summed E-state index contributed by atoms with van der Waals surface area (Å²) in [4.78, 5) is 4.48. The molecule has 2 heterocycles. The summed E-state index contributed by atoms with van der Waals surface area (Å²) in [6.07, 6.45) is 5.52. The number of benzene rings is 2. The van der Waals surface area contributed by atoms with Gasteiger partial charge in [0.25, 0.3) is 0 Å². The van der Waals surface area contributed by atoms with Crippen molar-refractivity contribution in [3.8, 4) is 11.1 Å². The van der Waals surface area contributed by atoms with Crippen molar-refractivity contribution in [1.29, 1.82) is 0 Å². The van der Waals surface area contributed by atoms with Crippen molar-refractivity contribution in [2.45, 2.75) is 0 Å². The van der Waals surface area contributed by atoms with Gasteiger partial charge < -0.3 is 5.32 Å². The van der Waals surface area contributed by atoms with E-state index in [0.717, 1.165) is 33.4 Å². The van der Waals surface area contributed by atoms with Crippen LogP contribution in [0.1, 0.15) is 0 Å². The minimum absolute atomic E-state index is 0.958. The molecule has 0 radical (unpaired) electrons. The molecule has 2 aromatic heterocycles. The van der Waals surface area contributed by atoms with E-state index in [1.807, 2.05) is 55.0 Å². The SMILES string of the molecule is c1ccc(Nc2ccnc3cc(-c4cn[nH]c4)ccc23)cc1. The molecule has 0 amide bonds. The summed E-state index contributed by atoms with van der Waals surface area (Å²) in [5, 5.41) is 11.4. The van der Waals surface area contributed by atoms with Crippen LogP contribution in [0.5, 0.6) is 0 Å². The van der Waals surface area contributed by atoms with Crippen LogP contribution in [0.2, 0.25) is 0 Å². The van der Waals surface area contributed by atoms with Gasteiger partial charge in [0, 0.05) is 34.7 Å². The average Bonchev–Trinajstić information content (AvgIpc) is 3.10. The number of aromatic amines is 1. The van der Waals surface area contributed by atoms with Gasteiger partial charge in [-0.25, -0.2) is 0 Å². The van der Waals surface area contributed by atoms with Gasteiger partial charge in [-0.2, -0.15) is 5.10 Å². The zero-order valence-electron chi connectivity index (χ0n) is 11.8. The predicted octanol–water partition coefficient (Wildman–Crippen LogP) is 4.37. The van der Waals surface area contributed by atoms with Gasteiger partial charge >= 0.3 is 0 Å². The third-order valence-electron chi connectivity index (χ3n) is 3.63. The quantitative estimate of drug-likeness (QED) is 0.588. The number of hydrogen-bond donors (Lipinski definition) is 2. The van der Waals surface area contributed by atoms with Crippen molar-refractivity contribution in [2.24, 2.45) is 0 Å². The van der Waals surface area contributed by atoms with Crippen LogP contribution >= 0.6 is 0 Å². The first kappa shape index (κ1) is 12.6. The zero-order chi connectivity index (χ0) is 14.8. The first-order chi connectivity index (χ1) is 10.9. The molecule has 2 N–H and O–H groups in total. The maximum absolute atomic E-state index is 4.48. The van der Waals surface area contributed by atoms with Gasteiger partial charge in [0.05, 0.1) is 11.7 Å². The predicted molar refractivity (Wildman–Crippen MR) is 89.0 cm³/mol. The fourth-order valence-electron chi connectivity index (χ4n) is 2.52. The lowest BCUT2D eigenvalue weighted by molar-refractivity contribution is 1.09. The summed E-state index contributed by atoms with van der Waals surface area (Å²) in [7, 11) is 0. The maximum Gasteiger partial charge on any atom is 0.0729 e. The number of rotatable bonds is 3. The molecule has 0 unspecified atom stereocenters. The van der Waals surface area contributed by atoms with Crippen LogP contribution in [0, 0.1) is 0 Å². The third-order valence-corrected chi connectivity index (χ3v) is 3.63. The van der Waals surface area contributed by atoms with E-state index in [4.69, 9.17) is 0 Å². The molecular weight excluding hydrogens is 272 g/mol. The van der Waals surface area contributed by atoms with Gasteiger partial charge in [0.2, 0.25) is 0 Å². The molecule has 0 aliphatic rings. The molecule has 0 atom stereocenters. The van der Waals surface area contributed by atoms with Gasteiger partial charge in [-0.3, -0.25) is 10.1 Å². The second-order valence-electron chi connectivity index (χ2n) is 5.07. The molecule has 0 saturated heterocycles. The highest BCUT2D eigenvalue weighted by molar-refractivity contribution is 5.95. The minimum Gasteiger partial charge on any atom is -0.355 e. The number of aromatic nitrogens is 3. The molecule has 0 spiro atoms. The van der Waals surface area contributed by atoms with E-state index in [0.29, 0.717) is 0 Å². The largest absolute Gasteiger partial charge is 0.355 e. The second-order valence-corrected chi connectivity index (χ2v) is 5.07. The maximum atomic E-state index is 4.48. The number of anilines is 2. The standard InChI is InChI=1S/C18H14N4/c1-2-4-15(5-3-1)22-17-8-9-19-18-10-13(6-7-16(17)18)14-11-20-21-12-14/h1-12H,(H,19,22)(H,20,21). The zero-order valence-corrected chi connectivity index (χ0v) is 11.8. The Kier molecular flexibility index (Phi) is 3.05. The molecule has 0 fully saturated rings. The number of para-hydroxylation sites is 1. The Bertz CT molecular complexity index is 899. The van der Waals surface area contributed by atoms with Crippen molar-refractivity contribution < 1.29 is 0 Å². The molecule has 4 rings (SSSR count). The first-order valence-electron chi connectivity index (χ1n) is 7.10. The Morgan fingerprint density at radius 1 is 0.909 bits per heavy atom. The molecule has 0 aliphatic carbocycles. The highest BCUT2D eigenvalue weighted by Crippen LogP contribution is 2.28. The normalized spacial score (nSPS) is 10.7. The Morgan fingerprint density at radius 2 is 1.82 bits per heavy atom. The number of nitrogens with one attached hydrogen (secondary N) is 2. The van der Waals surface area contributed by atoms with Crippen LogP contribution in [-0.4, -0.2) is 15.2 Å². The number of H-pyrrole nitrogens is 1. The summed E-state index contributed by atoms with van der Waals surface area (Å²) < 4.78 is 0. The summed E-state index contributed by atoms with van der Waals surface area (Å²) >= 11 is 0. The summed E-state index contributed by atoms with van der Waals surface area (Å²) in [5.74, 6) is 0. The molecule has 4 aromatic rings. The lowest BCUT2D eigenvalue weighted by Gasteiger charge is -2.10. The van der Waals surface area contributed by atoms with Crippen molar-refractivity contribution in [3.05, 3.63) is 73.2 Å². The van der Waals surface area contributed by atoms with Crippen molar-refractivity contribution in [1.82, 2.24) is 15.2 Å². The van der Waals surface area contributed by atoms with E-state index in [-0.39, 0.29) is 0 Å². The Hall–Kier alpha value is -3.14. The molecule has 0 bridgehead atoms. The van der Waals surface area contributed by atoms with Gasteiger partial charge in [-0.15, -0.1) is 0 Å². The van der Waals surface area contributed by atoms with Gasteiger partial charge in [-0.05, 0) is 29.8 Å². The molecule has 4 heteroatoms. The molecule has 106 valence electrons. The smallest absolute Gasteiger partial charge is 0.0729 e. The lowest BCUT2D eigenvalue weighted by Crippen LogP contribution is -1.92. The lowest BCUT2D eigenvalue weighted by atomic mass is 10.1. The monoisotopic (exact) mass is 286 g/mol. The highest BCUT2D eigenvalue weighted by Gasteiger charge is 2.05. The number of pyridine rings is 1. The Labute approximate surface area is 127 Å². The number of fused-ring (bicyclic) bond motifs is 1. The number of nitrogens with zero attached hydrogens (tertiary/aromatic N) is 2. The Morgan fingerprint density at radius 3 is 2.64 bits per heavy atom. The summed E-state index contributed by atoms with van der Waals surface area (Å²) in [6.45, 7) is 0. The summed E-state index contributed by atoms with van der Waals surface area (Å²) in [5.41, 5.74) is 5.24. The Balaban J connectivity index is 1.77. The van der Waals surface area contributed by atoms with Crippen LogP contribution in [0.15, 0.2) is 73.2 Å². The van der Waals surface area contributed by atoms with E-state index < -0.39 is 0 Å². The number of hydrogen-bond acceptors (Lipinski definition) is 3. The van der Waals surface area contributed by atoms with Crippen LogP contribution in [0.25, 0.3) is 22.0 Å². The fraction of sp³-hybridized carbons (Fsp3) is 0. The molecule has 0 aliphatic heterocycles. The van der Waals surface area contributed by atoms with E-state index in [1.54, 1.807) is 0 Å². The third kappa shape index (κ3) is 2.31. The second kappa shape index (κ2) is 5.33. The fourth-order valence-corrected chi connectivity index (χ4v) is 2.52. The van der Waals surface area contributed by atoms with Crippen LogP contribution in [-0.2, 0) is 0 Å². The molecule has 4 nitrogen and oxygen atoms in total. The molecule has 22 heavy (non-hydrogen) atoms. The highest BCUT2D eigenvalue weighted by atomic mass is 15.1. The van der Waals surface area contributed by atoms with Gasteiger partial charge in [0.15, 0.2) is 0 Å². The van der Waals surface area contributed by atoms with Gasteiger partial charge in [-0.1, -0.05) is 30.3 Å². The molecule has 2 aromatic carbocycles. The van der Waals surface area contributed by atoms with Crippen LogP contribution in [0.4, 0.5) is 11.4 Å². The van der Waals surface area contributed by atoms with E-state index in [1.165, 1.54) is 0 Å². The van der Waals surface area contributed by atoms with Crippen molar-refractivity contribution >= 4 is 22.3 Å². The van der Waals surface area contributed by atoms with Crippen LogP contribution in [0.3, 0.4) is 0 Å².